The molecule has 0 aliphatic heterocycles. The molecule has 0 amide bonds. The Balaban J connectivity index is 0.000000344. The number of carboxylic acid groups (broad SMARTS) is 1. The highest BCUT2D eigenvalue weighted by Crippen LogP contribution is 2.16. The van der Waals surface area contributed by atoms with E-state index in [1.54, 1.807) is 48.5 Å². The molecule has 47 heavy (non-hydrogen) atoms. The number of carbonyl (C=O) groups is 1. The third kappa shape index (κ3) is 25.1. The minimum absolute atomic E-state index is 0.322. The Morgan fingerprint density at radius 2 is 0.936 bits per heavy atom. The summed E-state index contributed by atoms with van der Waals surface area (Å²) in [6.45, 7) is 4.49. The topological polar surface area (TPSA) is 93.5 Å². The number of aromatic nitrogens is 1. The molecule has 260 valence electrons. The number of aryl methyl sites for hydroxylation is 1. The molecule has 1 aromatic heterocycles. The van der Waals surface area contributed by atoms with E-state index in [0.29, 0.717) is 17.9 Å². The van der Waals surface area contributed by atoms with Gasteiger partial charge in [0.05, 0.1) is 0 Å². The number of aliphatic carboxylic acids is 1. The molecule has 5 heteroatoms. The van der Waals surface area contributed by atoms with Crippen LogP contribution in [0.25, 0.3) is 10.9 Å². The van der Waals surface area contributed by atoms with Crippen LogP contribution in [-0.2, 0) is 11.2 Å². The van der Waals surface area contributed by atoms with Crippen LogP contribution >= 0.6 is 0 Å². The third-order valence-electron chi connectivity index (χ3n) is 7.89. The van der Waals surface area contributed by atoms with Crippen LogP contribution in [0.15, 0.2) is 91.0 Å². The molecular formula is C42H63NO4. The molecule has 0 aliphatic carbocycles. The molecule has 1 heterocycles. The Hall–Kier alpha value is -3.73. The maximum absolute atomic E-state index is 10.3. The highest BCUT2D eigenvalue weighted by molar-refractivity contribution is 5.80. The zero-order valence-electron chi connectivity index (χ0n) is 29.3. The summed E-state index contributed by atoms with van der Waals surface area (Å²) in [6.07, 6.45) is 23.9. The maximum Gasteiger partial charge on any atom is 0.303 e. The molecule has 5 nitrogen and oxygen atoms in total. The number of hydrogen-bond donors (Lipinski definition) is 4. The van der Waals surface area contributed by atoms with Gasteiger partial charge in [0.15, 0.2) is 0 Å². The van der Waals surface area contributed by atoms with Crippen molar-refractivity contribution in [2.45, 2.75) is 136 Å². The summed E-state index contributed by atoms with van der Waals surface area (Å²) in [4.78, 5) is 13.8. The van der Waals surface area contributed by atoms with Gasteiger partial charge in [0, 0.05) is 17.6 Å². The number of carboxylic acids is 1. The van der Waals surface area contributed by atoms with Crippen molar-refractivity contribution in [3.8, 4) is 11.5 Å². The van der Waals surface area contributed by atoms with Crippen LogP contribution in [0, 0.1) is 0 Å². The van der Waals surface area contributed by atoms with Gasteiger partial charge in [-0.1, -0.05) is 165 Å². The van der Waals surface area contributed by atoms with Gasteiger partial charge in [-0.25, -0.2) is 0 Å². The lowest BCUT2D eigenvalue weighted by molar-refractivity contribution is -0.137. The summed E-state index contributed by atoms with van der Waals surface area (Å²) in [5, 5.41) is 27.1. The maximum atomic E-state index is 10.3. The molecule has 0 bridgehead atoms. The lowest BCUT2D eigenvalue weighted by Crippen LogP contribution is -1.93. The Bertz CT molecular complexity index is 1170. The second kappa shape index (κ2) is 29.7. The SMILES string of the molecule is CCCCCCCCCCCCCCCCCC(=O)O.CCCCc1cc2ccccc2[nH]1.Oc1ccccc1.Oc1ccccc1. The van der Waals surface area contributed by atoms with Gasteiger partial charge in [-0.2, -0.15) is 0 Å². The van der Waals surface area contributed by atoms with Crippen molar-refractivity contribution in [2.24, 2.45) is 0 Å². The van der Waals surface area contributed by atoms with Crippen LogP contribution in [-0.4, -0.2) is 26.3 Å². The number of phenols is 2. The number of unbranched alkanes of at least 4 members (excludes halogenated alkanes) is 15. The van der Waals surface area contributed by atoms with E-state index in [2.05, 4.69) is 49.2 Å². The number of para-hydroxylation sites is 3. The molecule has 0 fully saturated rings. The predicted molar refractivity (Wildman–Crippen MR) is 200 cm³/mol. The van der Waals surface area contributed by atoms with E-state index in [0.717, 1.165) is 12.8 Å². The van der Waals surface area contributed by atoms with Crippen molar-refractivity contribution in [3.63, 3.8) is 0 Å². The number of aromatic amines is 1. The first-order chi connectivity index (χ1) is 23.0. The van der Waals surface area contributed by atoms with Crippen LogP contribution in [0.5, 0.6) is 11.5 Å². The standard InChI is InChI=1S/C18H36O2.C12H15N.2C6H6O/c1-2-3-4-5-6-7-8-9-10-11-12-13-14-15-16-17-18(19)20;1-2-3-7-11-9-10-6-4-5-8-12(10)13-11;2*7-6-4-2-1-3-5-6/h2-17H2,1H3,(H,19,20);4-6,8-9,13H,2-3,7H2,1H3;2*1-5,7H. The first kappa shape index (κ1) is 41.3. The molecule has 0 saturated carbocycles. The molecule has 0 saturated heterocycles. The first-order valence-electron chi connectivity index (χ1n) is 18.2. The predicted octanol–water partition coefficient (Wildman–Crippen LogP) is 12.6. The van der Waals surface area contributed by atoms with Gasteiger partial charge in [-0.3, -0.25) is 4.79 Å². The van der Waals surface area contributed by atoms with Crippen molar-refractivity contribution in [3.05, 3.63) is 96.7 Å². The third-order valence-corrected chi connectivity index (χ3v) is 7.89. The molecule has 0 unspecified atom stereocenters. The summed E-state index contributed by atoms with van der Waals surface area (Å²) < 4.78 is 0. The van der Waals surface area contributed by atoms with Crippen LogP contribution in [0.4, 0.5) is 0 Å². The fraction of sp³-hybridized carbons (Fsp3) is 0.500. The zero-order chi connectivity index (χ0) is 34.2. The molecule has 4 aromatic rings. The highest BCUT2D eigenvalue weighted by atomic mass is 16.4. The molecule has 0 atom stereocenters. The van der Waals surface area contributed by atoms with E-state index in [-0.39, 0.29) is 0 Å². The number of phenolic OH excluding ortho intramolecular Hbond substituents is 2. The number of nitrogens with one attached hydrogen (secondary N) is 1. The molecule has 0 radical (unpaired) electrons. The fourth-order valence-corrected chi connectivity index (χ4v) is 5.14. The Morgan fingerprint density at radius 3 is 1.32 bits per heavy atom. The van der Waals surface area contributed by atoms with Gasteiger partial charge in [0.25, 0.3) is 0 Å². The van der Waals surface area contributed by atoms with Gasteiger partial charge in [-0.15, -0.1) is 0 Å². The van der Waals surface area contributed by atoms with Crippen molar-refractivity contribution < 1.29 is 20.1 Å². The normalized spacial score (nSPS) is 10.2. The van der Waals surface area contributed by atoms with Crippen LogP contribution in [0.1, 0.15) is 135 Å². The lowest BCUT2D eigenvalue weighted by atomic mass is 10.0. The van der Waals surface area contributed by atoms with E-state index in [9.17, 15) is 4.79 Å². The van der Waals surface area contributed by atoms with Gasteiger partial charge >= 0.3 is 5.97 Å². The quantitative estimate of drug-likeness (QED) is 0.0763. The minimum Gasteiger partial charge on any atom is -0.508 e. The molecule has 3 aromatic carbocycles. The minimum atomic E-state index is -0.653. The zero-order valence-corrected chi connectivity index (χ0v) is 29.3. The van der Waals surface area contributed by atoms with E-state index in [1.807, 2.05) is 12.1 Å². The molecule has 0 aliphatic rings. The van der Waals surface area contributed by atoms with Crippen molar-refractivity contribution in [1.82, 2.24) is 4.98 Å². The fourth-order valence-electron chi connectivity index (χ4n) is 5.14. The summed E-state index contributed by atoms with van der Waals surface area (Å²) in [5.41, 5.74) is 2.62. The monoisotopic (exact) mass is 645 g/mol. The van der Waals surface area contributed by atoms with Gasteiger partial charge in [0.2, 0.25) is 0 Å². The number of H-pyrrole nitrogens is 1. The average Bonchev–Trinajstić information content (AvgIpc) is 3.50. The number of rotatable bonds is 19. The largest absolute Gasteiger partial charge is 0.508 e. The van der Waals surface area contributed by atoms with Crippen molar-refractivity contribution in [1.29, 1.82) is 0 Å². The Morgan fingerprint density at radius 1 is 0.532 bits per heavy atom. The summed E-state index contributed by atoms with van der Waals surface area (Å²) >= 11 is 0. The highest BCUT2D eigenvalue weighted by Gasteiger charge is 1.99. The van der Waals surface area contributed by atoms with E-state index in [1.165, 1.54) is 119 Å². The molecular weight excluding hydrogens is 582 g/mol. The number of benzene rings is 3. The lowest BCUT2D eigenvalue weighted by Gasteiger charge is -2.03. The summed E-state index contributed by atoms with van der Waals surface area (Å²) in [5.74, 6) is -0.00954. The second-order valence-corrected chi connectivity index (χ2v) is 12.2. The van der Waals surface area contributed by atoms with Crippen LogP contribution in [0.3, 0.4) is 0 Å². The van der Waals surface area contributed by atoms with Gasteiger partial charge in [-0.05, 0) is 61.0 Å². The van der Waals surface area contributed by atoms with Gasteiger partial charge in [0.1, 0.15) is 11.5 Å². The van der Waals surface area contributed by atoms with E-state index in [4.69, 9.17) is 15.3 Å². The number of hydrogen-bond acceptors (Lipinski definition) is 3. The van der Waals surface area contributed by atoms with Crippen LogP contribution in [0.2, 0.25) is 0 Å². The second-order valence-electron chi connectivity index (χ2n) is 12.2. The van der Waals surface area contributed by atoms with E-state index < -0.39 is 5.97 Å². The van der Waals surface area contributed by atoms with Gasteiger partial charge < -0.3 is 20.3 Å². The van der Waals surface area contributed by atoms with Crippen molar-refractivity contribution >= 4 is 16.9 Å². The summed E-state index contributed by atoms with van der Waals surface area (Å²) in [6, 6.07) is 28.1. The Kier molecular flexibility index (Phi) is 26.1. The Labute approximate surface area is 285 Å². The van der Waals surface area contributed by atoms with Crippen molar-refractivity contribution in [2.75, 3.05) is 0 Å². The summed E-state index contributed by atoms with van der Waals surface area (Å²) in [7, 11) is 0. The smallest absolute Gasteiger partial charge is 0.303 e. The number of fused-ring (bicyclic) bond motifs is 1. The molecule has 4 N–H and O–H groups in total. The average molecular weight is 646 g/mol. The molecule has 0 spiro atoms. The van der Waals surface area contributed by atoms with Crippen LogP contribution < -0.4 is 0 Å². The van der Waals surface area contributed by atoms with E-state index >= 15 is 0 Å². The molecule has 4 rings (SSSR count). The number of aromatic hydroxyl groups is 2. The first-order valence-corrected chi connectivity index (χ1v) is 18.2.